The smallest absolute Gasteiger partial charge is 0.124 e. The fourth-order valence-corrected chi connectivity index (χ4v) is 1.49. The normalized spacial score (nSPS) is 11.4. The van der Waals surface area contributed by atoms with Gasteiger partial charge in [-0.15, -0.1) is 0 Å². The van der Waals surface area contributed by atoms with E-state index in [0.29, 0.717) is 0 Å². The van der Waals surface area contributed by atoms with Crippen molar-refractivity contribution in [1.82, 2.24) is 4.98 Å². The summed E-state index contributed by atoms with van der Waals surface area (Å²) in [6, 6.07) is 13.3. The fraction of sp³-hybridized carbons (Fsp3) is 0.0714. The molecule has 2 rings (SSSR count). The van der Waals surface area contributed by atoms with Crippen molar-refractivity contribution < 1.29 is 5.11 Å². The van der Waals surface area contributed by atoms with Gasteiger partial charge in [-0.2, -0.15) is 0 Å². The number of aliphatic hydroxyl groups excluding tert-OH is 1. The van der Waals surface area contributed by atoms with E-state index in [0.717, 1.165) is 16.8 Å². The Bertz CT molecular complexity index is 503. The third kappa shape index (κ3) is 2.48. The predicted octanol–water partition coefficient (Wildman–Crippen LogP) is 3.45. The molecule has 1 aromatic heterocycles. The van der Waals surface area contributed by atoms with Crippen LogP contribution in [-0.2, 0) is 0 Å². The Hall–Kier alpha value is -2.09. The van der Waals surface area contributed by atoms with E-state index in [4.69, 9.17) is 0 Å². The van der Waals surface area contributed by atoms with Crippen LogP contribution in [0.15, 0.2) is 48.7 Å². The van der Waals surface area contributed by atoms with E-state index in [1.54, 1.807) is 12.3 Å². The van der Waals surface area contributed by atoms with Crippen molar-refractivity contribution in [3.05, 3.63) is 65.5 Å². The van der Waals surface area contributed by atoms with Crippen molar-refractivity contribution in [1.29, 1.82) is 0 Å². The van der Waals surface area contributed by atoms with Crippen LogP contribution in [0.25, 0.3) is 11.8 Å². The lowest BCUT2D eigenvalue weighted by Crippen LogP contribution is -1.85. The summed E-state index contributed by atoms with van der Waals surface area (Å²) in [6.45, 7) is 2.00. The summed E-state index contributed by atoms with van der Waals surface area (Å²) < 4.78 is 0. The minimum atomic E-state index is 0.238. The molecule has 0 bridgehead atoms. The highest BCUT2D eigenvalue weighted by Crippen LogP contribution is 2.15. The van der Waals surface area contributed by atoms with Crippen LogP contribution < -0.4 is 0 Å². The number of aliphatic hydroxyl groups is 1. The lowest BCUT2D eigenvalue weighted by atomic mass is 10.1. The molecular formula is C14H13NO. The second-order valence-corrected chi connectivity index (χ2v) is 3.65. The zero-order valence-electron chi connectivity index (χ0n) is 9.09. The standard InChI is InChI=1S/C14H13NO/c1-11-5-4-6-12(9-11)14(16)10-13-7-2-3-8-15-13/h2-10,16H,1H3/b14-10-. The molecule has 1 aromatic carbocycles. The number of nitrogens with zero attached hydrogens (tertiary/aromatic N) is 1. The maximum Gasteiger partial charge on any atom is 0.124 e. The summed E-state index contributed by atoms with van der Waals surface area (Å²) in [6.07, 6.45) is 3.37. The number of rotatable bonds is 2. The Morgan fingerprint density at radius 1 is 1.19 bits per heavy atom. The van der Waals surface area contributed by atoms with Gasteiger partial charge in [-0.05, 0) is 25.1 Å². The van der Waals surface area contributed by atoms with Crippen molar-refractivity contribution in [2.24, 2.45) is 0 Å². The quantitative estimate of drug-likeness (QED) is 0.772. The monoisotopic (exact) mass is 211 g/mol. The number of benzene rings is 1. The second kappa shape index (κ2) is 4.62. The van der Waals surface area contributed by atoms with Crippen LogP contribution in [0, 0.1) is 6.92 Å². The molecule has 0 aliphatic rings. The first-order chi connectivity index (χ1) is 7.75. The van der Waals surface area contributed by atoms with E-state index in [-0.39, 0.29) is 5.76 Å². The first-order valence-electron chi connectivity index (χ1n) is 5.14. The molecule has 0 aliphatic heterocycles. The van der Waals surface area contributed by atoms with Crippen molar-refractivity contribution >= 4 is 11.8 Å². The van der Waals surface area contributed by atoms with Gasteiger partial charge < -0.3 is 5.11 Å². The average Bonchev–Trinajstić information content (AvgIpc) is 2.30. The SMILES string of the molecule is Cc1cccc(/C(O)=C/c2ccccn2)c1. The molecule has 0 amide bonds. The zero-order chi connectivity index (χ0) is 11.4. The van der Waals surface area contributed by atoms with E-state index >= 15 is 0 Å². The summed E-state index contributed by atoms with van der Waals surface area (Å²) in [5, 5.41) is 9.92. The number of hydrogen-bond donors (Lipinski definition) is 1. The maximum atomic E-state index is 9.92. The molecule has 0 saturated carbocycles. The Morgan fingerprint density at radius 3 is 2.75 bits per heavy atom. The Kier molecular flexibility index (Phi) is 3.01. The Labute approximate surface area is 94.9 Å². The van der Waals surface area contributed by atoms with Gasteiger partial charge in [-0.3, -0.25) is 4.98 Å². The molecule has 0 fully saturated rings. The number of aromatic nitrogens is 1. The molecule has 0 atom stereocenters. The van der Waals surface area contributed by atoms with E-state index in [1.807, 2.05) is 49.4 Å². The summed E-state index contributed by atoms with van der Waals surface area (Å²) in [5.41, 5.74) is 2.69. The highest BCUT2D eigenvalue weighted by molar-refractivity contribution is 5.75. The largest absolute Gasteiger partial charge is 0.507 e. The topological polar surface area (TPSA) is 33.1 Å². The molecule has 2 heteroatoms. The summed E-state index contributed by atoms with van der Waals surface area (Å²) >= 11 is 0. The molecule has 0 unspecified atom stereocenters. The molecule has 1 N–H and O–H groups in total. The van der Waals surface area contributed by atoms with Gasteiger partial charge in [0.2, 0.25) is 0 Å². The Balaban J connectivity index is 2.32. The second-order valence-electron chi connectivity index (χ2n) is 3.65. The average molecular weight is 211 g/mol. The molecule has 0 spiro atoms. The zero-order valence-corrected chi connectivity index (χ0v) is 9.09. The highest BCUT2D eigenvalue weighted by atomic mass is 16.3. The predicted molar refractivity (Wildman–Crippen MR) is 65.9 cm³/mol. The number of hydrogen-bond acceptors (Lipinski definition) is 2. The molecule has 0 radical (unpaired) electrons. The fourth-order valence-electron chi connectivity index (χ4n) is 1.49. The third-order valence-electron chi connectivity index (χ3n) is 2.29. The van der Waals surface area contributed by atoms with Crippen molar-refractivity contribution in [2.45, 2.75) is 6.92 Å². The molecular weight excluding hydrogens is 198 g/mol. The first-order valence-corrected chi connectivity index (χ1v) is 5.14. The molecule has 80 valence electrons. The van der Waals surface area contributed by atoms with Gasteiger partial charge in [0.25, 0.3) is 0 Å². The lowest BCUT2D eigenvalue weighted by molar-refractivity contribution is 0.515. The molecule has 0 saturated heterocycles. The van der Waals surface area contributed by atoms with E-state index in [2.05, 4.69) is 4.98 Å². The van der Waals surface area contributed by atoms with Crippen LogP contribution in [0.2, 0.25) is 0 Å². The van der Waals surface area contributed by atoms with Crippen LogP contribution in [-0.4, -0.2) is 10.1 Å². The van der Waals surface area contributed by atoms with Gasteiger partial charge in [-0.25, -0.2) is 0 Å². The van der Waals surface area contributed by atoms with E-state index in [9.17, 15) is 5.11 Å². The molecule has 16 heavy (non-hydrogen) atoms. The molecule has 2 nitrogen and oxygen atoms in total. The van der Waals surface area contributed by atoms with Crippen molar-refractivity contribution in [3.8, 4) is 0 Å². The number of aryl methyl sites for hydroxylation is 1. The van der Waals surface area contributed by atoms with Crippen LogP contribution in [0.4, 0.5) is 0 Å². The van der Waals surface area contributed by atoms with E-state index < -0.39 is 0 Å². The lowest BCUT2D eigenvalue weighted by Gasteiger charge is -2.01. The van der Waals surface area contributed by atoms with Gasteiger partial charge in [0.05, 0.1) is 5.69 Å². The summed E-state index contributed by atoms with van der Waals surface area (Å²) in [5.74, 6) is 0.238. The van der Waals surface area contributed by atoms with Gasteiger partial charge in [-0.1, -0.05) is 29.8 Å². The van der Waals surface area contributed by atoms with Crippen molar-refractivity contribution in [3.63, 3.8) is 0 Å². The van der Waals surface area contributed by atoms with E-state index in [1.165, 1.54) is 0 Å². The third-order valence-corrected chi connectivity index (χ3v) is 2.29. The molecule has 2 aromatic rings. The minimum absolute atomic E-state index is 0.238. The van der Waals surface area contributed by atoms with Crippen LogP contribution in [0.5, 0.6) is 0 Å². The van der Waals surface area contributed by atoms with Gasteiger partial charge in [0, 0.05) is 17.8 Å². The maximum absolute atomic E-state index is 9.92. The minimum Gasteiger partial charge on any atom is -0.507 e. The van der Waals surface area contributed by atoms with Gasteiger partial charge >= 0.3 is 0 Å². The van der Waals surface area contributed by atoms with Crippen LogP contribution in [0.1, 0.15) is 16.8 Å². The first kappa shape index (κ1) is 10.4. The van der Waals surface area contributed by atoms with Crippen molar-refractivity contribution in [2.75, 3.05) is 0 Å². The number of pyridine rings is 1. The molecule has 1 heterocycles. The summed E-state index contributed by atoms with van der Waals surface area (Å²) in [7, 11) is 0. The van der Waals surface area contributed by atoms with Gasteiger partial charge in [0.15, 0.2) is 0 Å². The van der Waals surface area contributed by atoms with Crippen LogP contribution in [0.3, 0.4) is 0 Å². The van der Waals surface area contributed by atoms with Gasteiger partial charge in [0.1, 0.15) is 5.76 Å². The summed E-state index contributed by atoms with van der Waals surface area (Å²) in [4.78, 5) is 4.13. The highest BCUT2D eigenvalue weighted by Gasteiger charge is 1.99. The Morgan fingerprint density at radius 2 is 2.06 bits per heavy atom. The molecule has 0 aliphatic carbocycles. The van der Waals surface area contributed by atoms with Crippen LogP contribution >= 0.6 is 0 Å².